The maximum absolute atomic E-state index is 11.4. The van der Waals surface area contributed by atoms with E-state index in [0.717, 1.165) is 19.3 Å². The smallest absolute Gasteiger partial charge is 0.393 e. The van der Waals surface area contributed by atoms with Crippen molar-refractivity contribution >= 4 is 28.8 Å². The van der Waals surface area contributed by atoms with Crippen LogP contribution in [0.15, 0.2) is 0 Å². The molecule has 0 rings (SSSR count). The second kappa shape index (κ2) is 9.09. The molecule has 8 heteroatoms. The van der Waals surface area contributed by atoms with Gasteiger partial charge in [0.05, 0.1) is 0 Å². The van der Waals surface area contributed by atoms with Gasteiger partial charge in [0.2, 0.25) is 16.6 Å². The summed E-state index contributed by atoms with van der Waals surface area (Å²) < 4.78 is 10.5. The third-order valence-corrected chi connectivity index (χ3v) is 3.79. The predicted octanol–water partition coefficient (Wildman–Crippen LogP) is 3.28. The highest BCUT2D eigenvalue weighted by Crippen LogP contribution is 2.03. The van der Waals surface area contributed by atoms with Gasteiger partial charge in [0.25, 0.3) is 0 Å². The van der Waals surface area contributed by atoms with Crippen molar-refractivity contribution in [1.82, 2.24) is 10.6 Å². The molecule has 0 aromatic carbocycles. The molecule has 0 radical (unpaired) electrons. The molecule has 0 aliphatic carbocycles. The van der Waals surface area contributed by atoms with E-state index in [1.165, 1.54) is 0 Å². The van der Waals surface area contributed by atoms with Crippen molar-refractivity contribution in [3.63, 3.8) is 0 Å². The van der Waals surface area contributed by atoms with Gasteiger partial charge in [0.1, 0.15) is 0 Å². The first-order valence-electron chi connectivity index (χ1n) is 7.43. The standard InChI is InChI=1S/C13H30N2O4Si2/c1-20(2,3)18-12(16)14-10-8-7-9-11-15-13(17)19-21(4,5)6/h7-11H2,1-6H3,(H,14,16)(H,15,17). The molecule has 0 aromatic rings. The van der Waals surface area contributed by atoms with Crippen molar-refractivity contribution in [3.05, 3.63) is 0 Å². The summed E-state index contributed by atoms with van der Waals surface area (Å²) in [6, 6.07) is 0. The van der Waals surface area contributed by atoms with Crippen LogP contribution in [0.1, 0.15) is 19.3 Å². The second-order valence-electron chi connectivity index (χ2n) is 6.92. The Hall–Kier alpha value is -1.03. The van der Waals surface area contributed by atoms with Crippen LogP contribution in [0.25, 0.3) is 0 Å². The van der Waals surface area contributed by atoms with E-state index in [0.29, 0.717) is 13.1 Å². The zero-order chi connectivity index (χ0) is 16.5. The van der Waals surface area contributed by atoms with Crippen LogP contribution in [-0.4, -0.2) is 41.9 Å². The Balaban J connectivity index is 3.49. The van der Waals surface area contributed by atoms with Gasteiger partial charge in [-0.1, -0.05) is 0 Å². The zero-order valence-electron chi connectivity index (χ0n) is 14.2. The third kappa shape index (κ3) is 15.2. The molecule has 124 valence electrons. The Kier molecular flexibility index (Phi) is 8.64. The average molecular weight is 335 g/mol. The molecule has 2 amide bonds. The Morgan fingerprint density at radius 1 is 0.714 bits per heavy atom. The normalized spacial score (nSPS) is 11.7. The Morgan fingerprint density at radius 3 is 1.33 bits per heavy atom. The predicted molar refractivity (Wildman–Crippen MR) is 89.5 cm³/mol. The molecule has 0 bridgehead atoms. The quantitative estimate of drug-likeness (QED) is 0.527. The number of nitrogens with one attached hydrogen (secondary N) is 2. The van der Waals surface area contributed by atoms with E-state index < -0.39 is 16.6 Å². The molecule has 0 aromatic heterocycles. The molecular weight excluding hydrogens is 304 g/mol. The summed E-state index contributed by atoms with van der Waals surface area (Å²) in [6.07, 6.45) is 2.01. The first-order chi connectivity index (χ1) is 9.49. The first kappa shape index (κ1) is 20.0. The Morgan fingerprint density at radius 2 is 1.05 bits per heavy atom. The molecule has 0 saturated heterocycles. The van der Waals surface area contributed by atoms with Crippen LogP contribution in [0.2, 0.25) is 39.3 Å². The van der Waals surface area contributed by atoms with Gasteiger partial charge >= 0.3 is 12.2 Å². The van der Waals surface area contributed by atoms with E-state index in [1.807, 2.05) is 39.3 Å². The van der Waals surface area contributed by atoms with Crippen LogP contribution in [0.3, 0.4) is 0 Å². The van der Waals surface area contributed by atoms with Crippen molar-refractivity contribution in [2.24, 2.45) is 0 Å². The SMILES string of the molecule is C[Si](C)(C)OC(=O)NCCCCCNC(=O)O[Si](C)(C)C. The summed E-state index contributed by atoms with van der Waals surface area (Å²) in [5.41, 5.74) is 0. The van der Waals surface area contributed by atoms with Crippen molar-refractivity contribution < 1.29 is 18.4 Å². The number of hydrogen-bond acceptors (Lipinski definition) is 4. The lowest BCUT2D eigenvalue weighted by atomic mass is 10.2. The van der Waals surface area contributed by atoms with Crippen LogP contribution in [0.4, 0.5) is 9.59 Å². The van der Waals surface area contributed by atoms with Gasteiger partial charge in [-0.05, 0) is 58.5 Å². The molecule has 0 aliphatic rings. The van der Waals surface area contributed by atoms with Gasteiger partial charge in [-0.3, -0.25) is 0 Å². The maximum atomic E-state index is 11.4. The van der Waals surface area contributed by atoms with Crippen LogP contribution >= 0.6 is 0 Å². The van der Waals surface area contributed by atoms with E-state index in [9.17, 15) is 9.59 Å². The molecule has 2 N–H and O–H groups in total. The van der Waals surface area contributed by atoms with E-state index in [-0.39, 0.29) is 12.2 Å². The molecule has 6 nitrogen and oxygen atoms in total. The van der Waals surface area contributed by atoms with Crippen LogP contribution < -0.4 is 10.6 Å². The summed E-state index contributed by atoms with van der Waals surface area (Å²) in [5.74, 6) is 0. The highest BCUT2D eigenvalue weighted by Gasteiger charge is 2.20. The lowest BCUT2D eigenvalue weighted by Crippen LogP contribution is -2.36. The van der Waals surface area contributed by atoms with Gasteiger partial charge in [-0.25, -0.2) is 9.59 Å². The minimum absolute atomic E-state index is 0.328. The minimum atomic E-state index is -1.80. The van der Waals surface area contributed by atoms with Gasteiger partial charge in [-0.2, -0.15) is 0 Å². The van der Waals surface area contributed by atoms with E-state index in [4.69, 9.17) is 8.85 Å². The highest BCUT2D eigenvalue weighted by atomic mass is 28.4. The summed E-state index contributed by atoms with van der Waals surface area (Å²) in [7, 11) is -3.61. The molecule has 21 heavy (non-hydrogen) atoms. The molecule has 0 saturated carbocycles. The summed E-state index contributed by atoms with van der Waals surface area (Å²) in [5, 5.41) is 5.47. The van der Waals surface area contributed by atoms with Gasteiger partial charge in [0.15, 0.2) is 0 Å². The fraction of sp³-hybridized carbons (Fsp3) is 0.846. The number of carbonyl (C=O) groups is 2. The largest absolute Gasteiger partial charge is 0.504 e. The van der Waals surface area contributed by atoms with Gasteiger partial charge < -0.3 is 19.5 Å². The van der Waals surface area contributed by atoms with Gasteiger partial charge in [0, 0.05) is 13.1 Å². The molecular formula is C13H30N2O4Si2. The molecule has 0 heterocycles. The average Bonchev–Trinajstić information content (AvgIpc) is 2.22. The fourth-order valence-corrected chi connectivity index (χ4v) is 2.69. The number of rotatable bonds is 8. The van der Waals surface area contributed by atoms with Gasteiger partial charge in [-0.15, -0.1) is 0 Å². The highest BCUT2D eigenvalue weighted by molar-refractivity contribution is 6.71. The number of carbonyl (C=O) groups excluding carboxylic acids is 2. The molecule has 0 unspecified atom stereocenters. The van der Waals surface area contributed by atoms with Crippen molar-refractivity contribution in [3.8, 4) is 0 Å². The van der Waals surface area contributed by atoms with Crippen molar-refractivity contribution in [2.45, 2.75) is 58.5 Å². The summed E-state index contributed by atoms with van der Waals surface area (Å²) in [6.45, 7) is 13.0. The monoisotopic (exact) mass is 334 g/mol. The van der Waals surface area contributed by atoms with E-state index in [2.05, 4.69) is 10.6 Å². The molecule has 0 fully saturated rings. The van der Waals surface area contributed by atoms with E-state index in [1.54, 1.807) is 0 Å². The van der Waals surface area contributed by atoms with E-state index >= 15 is 0 Å². The van der Waals surface area contributed by atoms with Crippen LogP contribution in [0, 0.1) is 0 Å². The summed E-state index contributed by atoms with van der Waals surface area (Å²) >= 11 is 0. The maximum Gasteiger partial charge on any atom is 0.393 e. The fourth-order valence-electron chi connectivity index (χ4n) is 1.44. The second-order valence-corrected chi connectivity index (χ2v) is 15.8. The third-order valence-electron chi connectivity index (χ3n) is 2.19. The lowest BCUT2D eigenvalue weighted by Gasteiger charge is -2.18. The van der Waals surface area contributed by atoms with Crippen LogP contribution in [-0.2, 0) is 8.85 Å². The lowest BCUT2D eigenvalue weighted by molar-refractivity contribution is 0.198. The molecule has 0 aliphatic heterocycles. The number of unbranched alkanes of at least 4 members (excludes halogenated alkanes) is 2. The van der Waals surface area contributed by atoms with Crippen LogP contribution in [0.5, 0.6) is 0 Å². The minimum Gasteiger partial charge on any atom is -0.504 e. The molecule has 0 atom stereocenters. The number of hydrogen-bond donors (Lipinski definition) is 2. The van der Waals surface area contributed by atoms with Crippen molar-refractivity contribution in [1.29, 1.82) is 0 Å². The van der Waals surface area contributed by atoms with Crippen molar-refractivity contribution in [2.75, 3.05) is 13.1 Å². The zero-order valence-corrected chi connectivity index (χ0v) is 16.2. The summed E-state index contributed by atoms with van der Waals surface area (Å²) in [4.78, 5) is 22.8. The topological polar surface area (TPSA) is 76.7 Å². The number of amides is 2. The Labute approximate surface area is 130 Å². The Bertz CT molecular complexity index is 306. The molecule has 0 spiro atoms. The first-order valence-corrected chi connectivity index (χ1v) is 14.2.